The molecule has 4 aromatic rings. The summed E-state index contributed by atoms with van der Waals surface area (Å²) in [5, 5.41) is 13.2. The van der Waals surface area contributed by atoms with Crippen molar-refractivity contribution in [2.75, 3.05) is 33.6 Å². The number of pyridine rings is 1. The Labute approximate surface area is 211 Å². The van der Waals surface area contributed by atoms with Gasteiger partial charge < -0.3 is 19.2 Å². The summed E-state index contributed by atoms with van der Waals surface area (Å²) < 4.78 is 31.3. The monoisotopic (exact) mass is 504 g/mol. The normalized spacial score (nSPS) is 16.2. The molecule has 1 N–H and O–H groups in total. The molecule has 190 valence electrons. The van der Waals surface area contributed by atoms with Crippen molar-refractivity contribution in [1.29, 1.82) is 0 Å². The number of hydrogen-bond donors (Lipinski definition) is 1. The smallest absolute Gasteiger partial charge is 0.253 e. The van der Waals surface area contributed by atoms with E-state index in [1.165, 1.54) is 12.1 Å². The molecule has 0 radical (unpaired) electrons. The first-order valence-corrected chi connectivity index (χ1v) is 12.0. The van der Waals surface area contributed by atoms with Crippen molar-refractivity contribution in [1.82, 2.24) is 30.1 Å². The van der Waals surface area contributed by atoms with Gasteiger partial charge in [-0.05, 0) is 52.2 Å². The second-order valence-electron chi connectivity index (χ2n) is 8.98. The van der Waals surface area contributed by atoms with Crippen molar-refractivity contribution in [2.45, 2.75) is 19.0 Å². The number of hydrogen-bond acceptors (Lipinski definition) is 8. The fourth-order valence-corrected chi connectivity index (χ4v) is 4.91. The van der Waals surface area contributed by atoms with Gasteiger partial charge in [-0.2, -0.15) is 0 Å². The Morgan fingerprint density at radius 1 is 1.16 bits per heavy atom. The third-order valence-corrected chi connectivity index (χ3v) is 6.79. The largest absolute Gasteiger partial charge is 0.454 e. The van der Waals surface area contributed by atoms with Crippen LogP contribution in [0.5, 0.6) is 11.5 Å². The fraction of sp³-hybridized carbons (Fsp3) is 0.308. The summed E-state index contributed by atoms with van der Waals surface area (Å²) in [5.74, 6) is 1.53. The Balaban J connectivity index is 1.41. The molecule has 10 nitrogen and oxygen atoms in total. The summed E-state index contributed by atoms with van der Waals surface area (Å²) in [6.07, 6.45) is 2.84. The Morgan fingerprint density at radius 3 is 2.73 bits per heavy atom. The van der Waals surface area contributed by atoms with Gasteiger partial charge in [-0.15, -0.1) is 5.10 Å². The van der Waals surface area contributed by atoms with Crippen LogP contribution in [0.15, 0.2) is 53.3 Å². The lowest BCUT2D eigenvalue weighted by Crippen LogP contribution is -2.38. The molecule has 0 unspecified atom stereocenters. The highest BCUT2D eigenvalue weighted by Crippen LogP contribution is 2.37. The number of nitrogens with zero attached hydrogens (tertiary/aromatic N) is 5. The van der Waals surface area contributed by atoms with Gasteiger partial charge in [-0.3, -0.25) is 9.69 Å². The number of H-pyrrole nitrogens is 1. The van der Waals surface area contributed by atoms with Gasteiger partial charge in [0.05, 0.1) is 18.7 Å². The molecule has 6 rings (SSSR count). The van der Waals surface area contributed by atoms with Crippen LogP contribution in [0.1, 0.15) is 29.4 Å². The number of methoxy groups -OCH3 is 1. The summed E-state index contributed by atoms with van der Waals surface area (Å²) in [5.41, 5.74) is 3.08. The number of fused-ring (bicyclic) bond motifs is 2. The van der Waals surface area contributed by atoms with Gasteiger partial charge in [0.2, 0.25) is 6.79 Å². The lowest BCUT2D eigenvalue weighted by atomic mass is 9.96. The van der Waals surface area contributed by atoms with Crippen molar-refractivity contribution in [3.63, 3.8) is 0 Å². The molecule has 0 saturated carbocycles. The lowest BCUT2D eigenvalue weighted by molar-refractivity contribution is 0.174. The van der Waals surface area contributed by atoms with Crippen LogP contribution in [0.25, 0.3) is 16.5 Å². The number of nitrogens with one attached hydrogen (secondary N) is 1. The predicted octanol–water partition coefficient (Wildman–Crippen LogP) is 2.91. The number of tetrazole rings is 1. The Hall–Kier alpha value is -4.09. The van der Waals surface area contributed by atoms with Crippen LogP contribution in [0, 0.1) is 5.82 Å². The molecule has 0 aliphatic carbocycles. The van der Waals surface area contributed by atoms with E-state index in [2.05, 4.69) is 31.5 Å². The Kier molecular flexibility index (Phi) is 6.15. The molecule has 0 saturated heterocycles. The molecular formula is C26H25FN6O4. The molecule has 37 heavy (non-hydrogen) atoms. The summed E-state index contributed by atoms with van der Waals surface area (Å²) >= 11 is 0. The van der Waals surface area contributed by atoms with Crippen molar-refractivity contribution in [2.24, 2.45) is 0 Å². The van der Waals surface area contributed by atoms with Gasteiger partial charge in [0, 0.05) is 37.2 Å². The first kappa shape index (κ1) is 23.3. The molecule has 2 aromatic carbocycles. The second kappa shape index (κ2) is 9.75. The standard InChI is InChI=1S/C26H25FN6O4/c1-35-11-10-33-25(29-30-31-33)24(32-8-6-17(7-9-32)16-2-4-19(27)5-3-16)20-12-18-13-22-23(37-15-36-22)14-21(18)28-26(20)34/h2-6,12-14,24H,7-11,15H2,1H3,(H,28,34)/t24-/m1/s1. The van der Waals surface area contributed by atoms with Crippen LogP contribution < -0.4 is 15.0 Å². The number of halogens is 1. The average Bonchev–Trinajstić information content (AvgIpc) is 3.57. The van der Waals surface area contributed by atoms with Gasteiger partial charge in [-0.1, -0.05) is 18.2 Å². The molecule has 0 spiro atoms. The van der Waals surface area contributed by atoms with Crippen molar-refractivity contribution >= 4 is 16.5 Å². The summed E-state index contributed by atoms with van der Waals surface area (Å²) in [7, 11) is 1.62. The number of aromatic amines is 1. The van der Waals surface area contributed by atoms with Crippen molar-refractivity contribution < 1.29 is 18.6 Å². The molecule has 2 aliphatic rings. The van der Waals surface area contributed by atoms with Crippen LogP contribution in [-0.2, 0) is 11.3 Å². The SMILES string of the molecule is COCCn1nnnc1[C@@H](c1cc2cc3c(cc2[nH]c1=O)OCO3)N1CC=C(c2ccc(F)cc2)CC1. The minimum absolute atomic E-state index is 0.149. The number of rotatable bonds is 7. The van der Waals surface area contributed by atoms with E-state index >= 15 is 0 Å². The highest BCUT2D eigenvalue weighted by atomic mass is 19.1. The zero-order valence-corrected chi connectivity index (χ0v) is 20.2. The van der Waals surface area contributed by atoms with Crippen LogP contribution in [-0.4, -0.2) is 63.7 Å². The summed E-state index contributed by atoms with van der Waals surface area (Å²) in [6, 6.07) is 11.5. The van der Waals surface area contributed by atoms with Crippen LogP contribution in [0.4, 0.5) is 4.39 Å². The van der Waals surface area contributed by atoms with Crippen LogP contribution in [0.2, 0.25) is 0 Å². The Morgan fingerprint density at radius 2 is 1.97 bits per heavy atom. The maximum absolute atomic E-state index is 13.4. The molecule has 0 fully saturated rings. The number of aromatic nitrogens is 5. The van der Waals surface area contributed by atoms with E-state index in [0.29, 0.717) is 54.6 Å². The van der Waals surface area contributed by atoms with Gasteiger partial charge in [0.25, 0.3) is 5.56 Å². The lowest BCUT2D eigenvalue weighted by Gasteiger charge is -2.33. The minimum atomic E-state index is -0.503. The van der Waals surface area contributed by atoms with Gasteiger partial charge in [0.15, 0.2) is 17.3 Å². The van der Waals surface area contributed by atoms with E-state index in [1.54, 1.807) is 30.0 Å². The third-order valence-electron chi connectivity index (χ3n) is 6.79. The van der Waals surface area contributed by atoms with E-state index < -0.39 is 6.04 Å². The first-order chi connectivity index (χ1) is 18.1. The maximum Gasteiger partial charge on any atom is 0.253 e. The van der Waals surface area contributed by atoms with E-state index in [4.69, 9.17) is 14.2 Å². The van der Waals surface area contributed by atoms with Gasteiger partial charge in [0.1, 0.15) is 11.9 Å². The van der Waals surface area contributed by atoms with Gasteiger partial charge in [-0.25, -0.2) is 9.07 Å². The molecule has 0 amide bonds. The Bertz CT molecular complexity index is 1530. The summed E-state index contributed by atoms with van der Waals surface area (Å²) in [4.78, 5) is 18.6. The molecule has 0 bridgehead atoms. The minimum Gasteiger partial charge on any atom is -0.454 e. The summed E-state index contributed by atoms with van der Waals surface area (Å²) in [6.45, 7) is 2.24. The topological polar surface area (TPSA) is 107 Å². The zero-order valence-electron chi connectivity index (χ0n) is 20.2. The van der Waals surface area contributed by atoms with E-state index in [9.17, 15) is 9.18 Å². The molecule has 11 heteroatoms. The average molecular weight is 505 g/mol. The van der Waals surface area contributed by atoms with Crippen LogP contribution >= 0.6 is 0 Å². The van der Waals surface area contributed by atoms with E-state index in [1.807, 2.05) is 12.1 Å². The highest BCUT2D eigenvalue weighted by Gasteiger charge is 2.32. The van der Waals surface area contributed by atoms with Crippen molar-refractivity contribution in [3.8, 4) is 11.5 Å². The predicted molar refractivity (Wildman–Crippen MR) is 133 cm³/mol. The second-order valence-corrected chi connectivity index (χ2v) is 8.98. The van der Waals surface area contributed by atoms with Gasteiger partial charge >= 0.3 is 0 Å². The number of ether oxygens (including phenoxy) is 3. The molecule has 2 aromatic heterocycles. The first-order valence-electron chi connectivity index (χ1n) is 12.0. The highest BCUT2D eigenvalue weighted by molar-refractivity contribution is 5.83. The van der Waals surface area contributed by atoms with Crippen molar-refractivity contribution in [3.05, 3.63) is 81.7 Å². The third kappa shape index (κ3) is 4.47. The molecule has 4 heterocycles. The quantitative estimate of drug-likeness (QED) is 0.410. The number of benzene rings is 2. The maximum atomic E-state index is 13.4. The molecule has 2 aliphatic heterocycles. The molecular weight excluding hydrogens is 479 g/mol. The molecule has 1 atom stereocenters. The van der Waals surface area contributed by atoms with E-state index in [0.717, 1.165) is 22.9 Å². The zero-order chi connectivity index (χ0) is 25.4. The fourth-order valence-electron chi connectivity index (χ4n) is 4.91. The van der Waals surface area contributed by atoms with E-state index in [-0.39, 0.29) is 18.2 Å². The van der Waals surface area contributed by atoms with Crippen LogP contribution in [0.3, 0.4) is 0 Å².